The van der Waals surface area contributed by atoms with E-state index in [2.05, 4.69) is 26.1 Å². The number of ether oxygens (including phenoxy) is 1. The maximum absolute atomic E-state index is 14.3. The number of alkyl halides is 3. The van der Waals surface area contributed by atoms with Gasteiger partial charge in [0.25, 0.3) is 0 Å². The van der Waals surface area contributed by atoms with Crippen LogP contribution in [0.3, 0.4) is 0 Å². The van der Waals surface area contributed by atoms with Crippen molar-refractivity contribution >= 4 is 34.9 Å². The summed E-state index contributed by atoms with van der Waals surface area (Å²) < 4.78 is 48.6. The molecule has 6 nitrogen and oxygen atoms in total. The van der Waals surface area contributed by atoms with Crippen LogP contribution in [-0.2, 0) is 35.7 Å². The molecule has 2 aliphatic heterocycles. The number of benzene rings is 1. The summed E-state index contributed by atoms with van der Waals surface area (Å²) in [5, 5.41) is 3.27. The summed E-state index contributed by atoms with van der Waals surface area (Å²) in [6.07, 6.45) is 3.05. The van der Waals surface area contributed by atoms with Crippen LogP contribution in [0.2, 0.25) is 5.02 Å². The van der Waals surface area contributed by atoms with E-state index in [-0.39, 0.29) is 93.6 Å². The third kappa shape index (κ3) is 5.12. The number of nitrogens with one attached hydrogen (secondary N) is 1. The van der Waals surface area contributed by atoms with Gasteiger partial charge in [0.05, 0.1) is 10.6 Å². The molecule has 2 saturated heterocycles. The Kier molecular flexibility index (Phi) is 8.27. The highest BCUT2D eigenvalue weighted by atomic mass is 35.5. The molecule has 272 valence electrons. The molecule has 1 aromatic rings. The first-order valence-corrected chi connectivity index (χ1v) is 19.4. The lowest BCUT2D eigenvalue weighted by molar-refractivity contribution is -0.207. The largest absolute Gasteiger partial charge is 0.454 e. The van der Waals surface area contributed by atoms with Crippen LogP contribution in [0.5, 0.6) is 0 Å². The summed E-state index contributed by atoms with van der Waals surface area (Å²) in [4.78, 5) is 54.3. The molecule has 2 heterocycles. The molecule has 8 atom stereocenters. The Balaban J connectivity index is 1.01. The van der Waals surface area contributed by atoms with E-state index in [1.807, 2.05) is 0 Å². The Morgan fingerprint density at radius 2 is 1.66 bits per heavy atom. The van der Waals surface area contributed by atoms with E-state index in [0.717, 1.165) is 51.0 Å². The van der Waals surface area contributed by atoms with Gasteiger partial charge in [-0.15, -0.1) is 0 Å². The van der Waals surface area contributed by atoms with Crippen molar-refractivity contribution in [1.82, 2.24) is 5.32 Å². The molecule has 0 spiro atoms. The normalized spacial score (nSPS) is 44.1. The van der Waals surface area contributed by atoms with E-state index in [1.165, 1.54) is 6.07 Å². The predicted molar refractivity (Wildman–Crippen MR) is 180 cm³/mol. The zero-order chi connectivity index (χ0) is 35.5. The minimum atomic E-state index is -4.63. The molecular weight excluding hydrogens is 667 g/mol. The zero-order valence-corrected chi connectivity index (χ0v) is 30.0. The second-order valence-corrected chi connectivity index (χ2v) is 18.2. The summed E-state index contributed by atoms with van der Waals surface area (Å²) in [5.41, 5.74) is -2.49. The number of ketones is 3. The van der Waals surface area contributed by atoms with Crippen molar-refractivity contribution in [3.05, 3.63) is 34.3 Å². The first-order chi connectivity index (χ1) is 23.6. The number of hydrogen-bond donors (Lipinski definition) is 1. The monoisotopic (exact) mass is 715 g/mol. The third-order valence-electron chi connectivity index (χ3n) is 15.7. The zero-order valence-electron chi connectivity index (χ0n) is 29.3. The number of fused-ring (bicyclic) bond motifs is 5. The standard InChI is InChI=1S/C40H49ClF3NO5/c1-20(28-6-7-29-36-31(19-34(48)38(28,29)3)37(2)11-10-27(46)16-22(37)18-33(36)47)4-9-35(49)50-39(21-5-8-32(41)30(17-21)40(42,43)44)23-12-25-14-24(39)15-26(13-23)45-25/h5,8,17,20,22-26,28-29,31,36,45H,4,6-7,9-16,18-19H2,1-3H3/t20-,22+,23?,24?,25?,26?,28-,29+,31+,36+,37+,38-,39?/m1/s1. The molecule has 6 saturated carbocycles. The van der Waals surface area contributed by atoms with Gasteiger partial charge in [-0.25, -0.2) is 0 Å². The summed E-state index contributed by atoms with van der Waals surface area (Å²) in [6, 6.07) is 4.55. The van der Waals surface area contributed by atoms with Gasteiger partial charge in [0.1, 0.15) is 23.0 Å². The highest BCUT2D eigenvalue weighted by molar-refractivity contribution is 6.31. The van der Waals surface area contributed by atoms with E-state index in [9.17, 15) is 32.3 Å². The highest BCUT2D eigenvalue weighted by Gasteiger charge is 2.66. The Bertz CT molecular complexity index is 1600. The van der Waals surface area contributed by atoms with Crippen molar-refractivity contribution in [2.24, 2.45) is 58.2 Å². The Labute approximate surface area is 297 Å². The second kappa shape index (κ2) is 11.9. The highest BCUT2D eigenvalue weighted by Crippen LogP contribution is 2.66. The summed E-state index contributed by atoms with van der Waals surface area (Å²) in [5.74, 6) is -0.0820. The van der Waals surface area contributed by atoms with Crippen molar-refractivity contribution in [1.29, 1.82) is 0 Å². The van der Waals surface area contributed by atoms with Crippen LogP contribution in [-0.4, -0.2) is 35.4 Å². The first kappa shape index (κ1) is 34.8. The third-order valence-corrected chi connectivity index (χ3v) is 16.0. The molecule has 1 N–H and O–H groups in total. The van der Waals surface area contributed by atoms with Crippen molar-refractivity contribution in [3.8, 4) is 0 Å². The number of halogens is 4. The van der Waals surface area contributed by atoms with Gasteiger partial charge < -0.3 is 10.1 Å². The molecule has 8 fully saturated rings. The first-order valence-electron chi connectivity index (χ1n) is 19.0. The van der Waals surface area contributed by atoms with Crippen LogP contribution >= 0.6 is 11.6 Å². The van der Waals surface area contributed by atoms with E-state index in [0.29, 0.717) is 37.7 Å². The predicted octanol–water partition coefficient (Wildman–Crippen LogP) is 8.26. The number of hydrogen-bond acceptors (Lipinski definition) is 6. The van der Waals surface area contributed by atoms with E-state index < -0.39 is 28.7 Å². The van der Waals surface area contributed by atoms with Crippen LogP contribution in [0.15, 0.2) is 18.2 Å². The van der Waals surface area contributed by atoms with E-state index in [1.54, 1.807) is 6.07 Å². The molecule has 8 aliphatic rings. The lowest BCUT2D eigenvalue weighted by atomic mass is 9.44. The van der Waals surface area contributed by atoms with Crippen LogP contribution in [0.1, 0.15) is 115 Å². The van der Waals surface area contributed by atoms with E-state index >= 15 is 0 Å². The molecular formula is C40H49ClF3NO5. The molecule has 4 bridgehead atoms. The summed E-state index contributed by atoms with van der Waals surface area (Å²) in [6.45, 7) is 6.37. The minimum Gasteiger partial charge on any atom is -0.454 e. The second-order valence-electron chi connectivity index (χ2n) is 17.8. The SMILES string of the molecule is C[C@H](CCC(=O)OC1(c2ccc(Cl)c(C(F)(F)F)c2)C2CC3CC1CC(C2)N3)[C@H]1CC[C@H]2[C@@H]3C(=O)C[C@@H]4CC(=O)CC[C@]4(C)[C@H]3CC(=O)[C@]12C. The van der Waals surface area contributed by atoms with Gasteiger partial charge in [0.15, 0.2) is 0 Å². The van der Waals surface area contributed by atoms with Gasteiger partial charge in [-0.05, 0) is 104 Å². The molecule has 50 heavy (non-hydrogen) atoms. The average molecular weight is 716 g/mol. The lowest BCUT2D eigenvalue weighted by Gasteiger charge is -2.60. The molecule has 0 radical (unpaired) electrons. The van der Waals surface area contributed by atoms with Gasteiger partial charge in [-0.2, -0.15) is 13.2 Å². The van der Waals surface area contributed by atoms with Crippen LogP contribution in [0.4, 0.5) is 13.2 Å². The number of piperidine rings is 2. The van der Waals surface area contributed by atoms with Crippen molar-refractivity contribution in [3.63, 3.8) is 0 Å². The molecule has 6 aliphatic carbocycles. The average Bonchev–Trinajstić information content (AvgIpc) is 3.41. The number of esters is 1. The van der Waals surface area contributed by atoms with Gasteiger partial charge in [0.2, 0.25) is 0 Å². The maximum atomic E-state index is 14.3. The molecule has 1 aromatic carbocycles. The molecule has 10 heteroatoms. The van der Waals surface area contributed by atoms with Gasteiger partial charge >= 0.3 is 12.1 Å². The Hall–Kier alpha value is -2.26. The fraction of sp³-hybridized carbons (Fsp3) is 0.750. The quantitative estimate of drug-likeness (QED) is 0.299. The summed E-state index contributed by atoms with van der Waals surface area (Å²) in [7, 11) is 0. The smallest absolute Gasteiger partial charge is 0.417 e. The van der Waals surface area contributed by atoms with E-state index in [4.69, 9.17) is 16.3 Å². The fourth-order valence-corrected chi connectivity index (χ4v) is 13.5. The topological polar surface area (TPSA) is 89.5 Å². The van der Waals surface area contributed by atoms with Crippen LogP contribution in [0.25, 0.3) is 0 Å². The van der Waals surface area contributed by atoms with Crippen LogP contribution < -0.4 is 5.32 Å². The van der Waals surface area contributed by atoms with Crippen LogP contribution in [0, 0.1) is 58.2 Å². The number of carbonyl (C=O) groups excluding carboxylic acids is 4. The maximum Gasteiger partial charge on any atom is 0.417 e. The van der Waals surface area contributed by atoms with Gasteiger partial charge in [-0.1, -0.05) is 38.4 Å². The van der Waals surface area contributed by atoms with Gasteiger partial charge in [0, 0.05) is 67.4 Å². The van der Waals surface area contributed by atoms with Gasteiger partial charge in [-0.3, -0.25) is 19.2 Å². The number of carbonyl (C=O) groups is 4. The summed E-state index contributed by atoms with van der Waals surface area (Å²) >= 11 is 6.03. The molecule has 9 rings (SSSR count). The minimum absolute atomic E-state index is 0.0124. The molecule has 0 amide bonds. The van der Waals surface area contributed by atoms with Crippen molar-refractivity contribution in [2.75, 3.05) is 0 Å². The Morgan fingerprint density at radius 1 is 0.980 bits per heavy atom. The lowest BCUT2D eigenvalue weighted by Crippen LogP contribution is -2.66. The molecule has 0 unspecified atom stereocenters. The number of rotatable bonds is 6. The Morgan fingerprint density at radius 3 is 2.32 bits per heavy atom. The number of Topliss-reactive ketones (excluding diaryl/α,β-unsaturated/α-hetero) is 3. The van der Waals surface area contributed by atoms with Crippen molar-refractivity contribution in [2.45, 2.75) is 128 Å². The molecule has 0 aromatic heterocycles. The fourth-order valence-electron chi connectivity index (χ4n) is 13.3. The van der Waals surface area contributed by atoms with Crippen molar-refractivity contribution < 1.29 is 37.1 Å².